The Labute approximate surface area is 147 Å². The van der Waals surface area contributed by atoms with Gasteiger partial charge in [0.2, 0.25) is 11.8 Å². The number of nitrogens with zero attached hydrogens (tertiary/aromatic N) is 4. The molecule has 0 unspecified atom stereocenters. The number of aryl methyl sites for hydroxylation is 3. The Balaban J connectivity index is 1.76. The lowest BCUT2D eigenvalue weighted by atomic mass is 10.2. The zero-order valence-electron chi connectivity index (χ0n) is 13.7. The Bertz CT molecular complexity index is 957. The van der Waals surface area contributed by atoms with Gasteiger partial charge in [-0.25, -0.2) is 4.98 Å². The summed E-state index contributed by atoms with van der Waals surface area (Å²) < 4.78 is 7.22. The average Bonchev–Trinajstić information content (AvgIpc) is 3.24. The largest absolute Gasteiger partial charge is 0.425 e. The molecule has 3 aromatic heterocycles. The fourth-order valence-corrected chi connectivity index (χ4v) is 5.28. The summed E-state index contributed by atoms with van der Waals surface area (Å²) >= 11 is 3.16. The van der Waals surface area contributed by atoms with E-state index >= 15 is 0 Å². The van der Waals surface area contributed by atoms with Gasteiger partial charge in [0.15, 0.2) is 5.16 Å². The maximum Gasteiger partial charge on any atom is 0.263 e. The van der Waals surface area contributed by atoms with Crippen molar-refractivity contribution in [2.75, 3.05) is 0 Å². The molecule has 0 amide bonds. The van der Waals surface area contributed by atoms with Gasteiger partial charge in [-0.2, -0.15) is 0 Å². The Morgan fingerprint density at radius 3 is 2.96 bits per heavy atom. The van der Waals surface area contributed by atoms with Crippen LogP contribution in [0.1, 0.15) is 42.0 Å². The van der Waals surface area contributed by atoms with E-state index in [0.29, 0.717) is 24.1 Å². The second-order valence-electron chi connectivity index (χ2n) is 5.89. The minimum absolute atomic E-state index is 0.102. The van der Waals surface area contributed by atoms with E-state index in [1.807, 2.05) is 4.57 Å². The van der Waals surface area contributed by atoms with Crippen LogP contribution in [0.25, 0.3) is 10.2 Å². The van der Waals surface area contributed by atoms with Gasteiger partial charge in [-0.1, -0.05) is 18.7 Å². The first kappa shape index (κ1) is 15.8. The third-order valence-electron chi connectivity index (χ3n) is 4.13. The van der Waals surface area contributed by atoms with Gasteiger partial charge in [0, 0.05) is 18.3 Å². The highest BCUT2D eigenvalue weighted by Crippen LogP contribution is 2.35. The molecule has 0 N–H and O–H groups in total. The van der Waals surface area contributed by atoms with E-state index in [1.165, 1.54) is 22.2 Å². The molecule has 0 bridgehead atoms. The molecule has 24 heavy (non-hydrogen) atoms. The summed E-state index contributed by atoms with van der Waals surface area (Å²) in [5.74, 6) is 1.63. The van der Waals surface area contributed by atoms with Crippen molar-refractivity contribution in [3.8, 4) is 0 Å². The fraction of sp³-hybridized carbons (Fsp3) is 0.500. The number of aromatic nitrogens is 4. The van der Waals surface area contributed by atoms with Crippen LogP contribution in [0.5, 0.6) is 0 Å². The van der Waals surface area contributed by atoms with Crippen molar-refractivity contribution in [2.24, 2.45) is 0 Å². The zero-order chi connectivity index (χ0) is 16.7. The minimum Gasteiger partial charge on any atom is -0.425 e. The lowest BCUT2D eigenvalue weighted by molar-refractivity contribution is 0.485. The van der Waals surface area contributed by atoms with Gasteiger partial charge < -0.3 is 4.42 Å². The van der Waals surface area contributed by atoms with Crippen LogP contribution in [0.2, 0.25) is 0 Å². The molecular weight excluding hydrogens is 344 g/mol. The Morgan fingerprint density at radius 2 is 2.21 bits per heavy atom. The van der Waals surface area contributed by atoms with E-state index in [2.05, 4.69) is 17.1 Å². The van der Waals surface area contributed by atoms with Gasteiger partial charge in [-0.3, -0.25) is 9.36 Å². The lowest BCUT2D eigenvalue weighted by Crippen LogP contribution is -2.23. The van der Waals surface area contributed by atoms with Crippen LogP contribution >= 0.6 is 23.1 Å². The SMILES string of the molecule is CCCn1c(SCc2nnc(C)o2)nc2sc3c(c2c1=O)CCC3. The molecule has 0 atom stereocenters. The maximum atomic E-state index is 13.0. The van der Waals surface area contributed by atoms with Crippen LogP contribution in [-0.2, 0) is 25.1 Å². The average molecular weight is 362 g/mol. The summed E-state index contributed by atoms with van der Waals surface area (Å²) in [7, 11) is 0. The van der Waals surface area contributed by atoms with Crippen LogP contribution in [0.3, 0.4) is 0 Å². The number of thioether (sulfide) groups is 1. The Hall–Kier alpha value is -1.67. The van der Waals surface area contributed by atoms with Crippen LogP contribution < -0.4 is 5.56 Å². The monoisotopic (exact) mass is 362 g/mol. The number of hydrogen-bond acceptors (Lipinski definition) is 7. The minimum atomic E-state index is 0.102. The van der Waals surface area contributed by atoms with E-state index in [9.17, 15) is 4.79 Å². The molecule has 3 heterocycles. The van der Waals surface area contributed by atoms with Crippen molar-refractivity contribution in [1.82, 2.24) is 19.7 Å². The van der Waals surface area contributed by atoms with Crippen molar-refractivity contribution in [2.45, 2.75) is 57.0 Å². The van der Waals surface area contributed by atoms with Gasteiger partial charge >= 0.3 is 0 Å². The zero-order valence-corrected chi connectivity index (χ0v) is 15.3. The molecular formula is C16H18N4O2S2. The molecule has 3 aromatic rings. The highest BCUT2D eigenvalue weighted by atomic mass is 32.2. The molecule has 0 saturated heterocycles. The predicted octanol–water partition coefficient (Wildman–Crippen LogP) is 3.34. The van der Waals surface area contributed by atoms with Crippen LogP contribution in [0.15, 0.2) is 14.4 Å². The van der Waals surface area contributed by atoms with E-state index < -0.39 is 0 Å². The van der Waals surface area contributed by atoms with Crippen molar-refractivity contribution >= 4 is 33.3 Å². The molecule has 4 rings (SSSR count). The summed E-state index contributed by atoms with van der Waals surface area (Å²) in [6.07, 6.45) is 4.13. The van der Waals surface area contributed by atoms with Crippen molar-refractivity contribution in [3.05, 3.63) is 32.6 Å². The van der Waals surface area contributed by atoms with E-state index in [4.69, 9.17) is 9.40 Å². The molecule has 0 aliphatic heterocycles. The van der Waals surface area contributed by atoms with Crippen molar-refractivity contribution < 1.29 is 4.42 Å². The summed E-state index contributed by atoms with van der Waals surface area (Å²) in [6, 6.07) is 0. The van der Waals surface area contributed by atoms with Gasteiger partial charge in [0.1, 0.15) is 4.83 Å². The smallest absolute Gasteiger partial charge is 0.263 e. The highest BCUT2D eigenvalue weighted by Gasteiger charge is 2.23. The maximum absolute atomic E-state index is 13.0. The first-order valence-electron chi connectivity index (χ1n) is 8.14. The summed E-state index contributed by atoms with van der Waals surface area (Å²) in [4.78, 5) is 20.1. The molecule has 0 aromatic carbocycles. The molecule has 1 aliphatic carbocycles. The summed E-state index contributed by atoms with van der Waals surface area (Å²) in [5, 5.41) is 9.44. The first-order chi connectivity index (χ1) is 11.7. The number of fused-ring (bicyclic) bond motifs is 3. The summed E-state index contributed by atoms with van der Waals surface area (Å²) in [6.45, 7) is 4.52. The normalized spacial score (nSPS) is 13.8. The van der Waals surface area contributed by atoms with Crippen LogP contribution in [0, 0.1) is 6.92 Å². The number of rotatable bonds is 5. The molecule has 126 valence electrons. The first-order valence-corrected chi connectivity index (χ1v) is 9.94. The Morgan fingerprint density at radius 1 is 1.33 bits per heavy atom. The highest BCUT2D eigenvalue weighted by molar-refractivity contribution is 7.98. The van der Waals surface area contributed by atoms with Gasteiger partial charge in [-0.05, 0) is 31.2 Å². The second kappa shape index (κ2) is 6.33. The van der Waals surface area contributed by atoms with Crippen molar-refractivity contribution in [1.29, 1.82) is 0 Å². The number of hydrogen-bond donors (Lipinski definition) is 0. The van der Waals surface area contributed by atoms with E-state index in [1.54, 1.807) is 18.3 Å². The third-order valence-corrected chi connectivity index (χ3v) is 6.28. The number of thiophene rings is 1. The molecule has 1 aliphatic rings. The predicted molar refractivity (Wildman–Crippen MR) is 94.8 cm³/mol. The van der Waals surface area contributed by atoms with Gasteiger partial charge in [0.25, 0.3) is 5.56 Å². The van der Waals surface area contributed by atoms with E-state index in [0.717, 1.165) is 41.1 Å². The van der Waals surface area contributed by atoms with Crippen LogP contribution in [0.4, 0.5) is 0 Å². The fourth-order valence-electron chi connectivity index (χ4n) is 3.11. The Kier molecular flexibility index (Phi) is 4.17. The molecule has 0 spiro atoms. The third kappa shape index (κ3) is 2.67. The standard InChI is InChI=1S/C16H18N4O2S2/c1-3-7-20-15(21)13-10-5-4-6-11(10)24-14(13)17-16(20)23-8-12-19-18-9(2)22-12/h3-8H2,1-2H3. The topological polar surface area (TPSA) is 73.8 Å². The second-order valence-corrected chi connectivity index (χ2v) is 7.92. The molecule has 0 radical (unpaired) electrons. The molecule has 0 fully saturated rings. The molecule has 0 saturated carbocycles. The molecule has 8 heteroatoms. The van der Waals surface area contributed by atoms with Gasteiger partial charge in [-0.15, -0.1) is 21.5 Å². The van der Waals surface area contributed by atoms with Crippen molar-refractivity contribution in [3.63, 3.8) is 0 Å². The summed E-state index contributed by atoms with van der Waals surface area (Å²) in [5.41, 5.74) is 1.34. The molecule has 6 nitrogen and oxygen atoms in total. The lowest BCUT2D eigenvalue weighted by Gasteiger charge is -2.10. The van der Waals surface area contributed by atoms with E-state index in [-0.39, 0.29) is 5.56 Å². The van der Waals surface area contributed by atoms with Crippen LogP contribution in [-0.4, -0.2) is 19.7 Å². The van der Waals surface area contributed by atoms with Gasteiger partial charge in [0.05, 0.1) is 11.1 Å². The quantitative estimate of drug-likeness (QED) is 0.512.